The van der Waals surface area contributed by atoms with Crippen LogP contribution in [0.15, 0.2) is 34.3 Å². The fraction of sp³-hybridized carbons (Fsp3) is 0.333. The minimum atomic E-state index is -1.54. The molecule has 1 atom stereocenters. The van der Waals surface area contributed by atoms with Gasteiger partial charge in [-0.25, -0.2) is 32.9 Å². The molecule has 1 fully saturated rings. The Balaban J connectivity index is 1.78. The number of ether oxygens (including phenoxy) is 1. The smallest absolute Gasteiger partial charge is 0.330 e. The Bertz CT molecular complexity index is 1110. The van der Waals surface area contributed by atoms with E-state index in [4.69, 9.17) is 4.74 Å². The minimum absolute atomic E-state index is 0.0975. The van der Waals surface area contributed by atoms with Crippen LogP contribution in [0.3, 0.4) is 0 Å². The Kier molecular flexibility index (Phi) is 5.72. The van der Waals surface area contributed by atoms with Crippen molar-refractivity contribution >= 4 is 23.6 Å². The highest BCUT2D eigenvalue weighted by molar-refractivity contribution is 6.16. The number of aryl methyl sites for hydroxylation is 1. The van der Waals surface area contributed by atoms with E-state index < -0.39 is 29.5 Å². The van der Waals surface area contributed by atoms with Gasteiger partial charge in [-0.3, -0.25) is 15.1 Å². The predicted molar refractivity (Wildman–Crippen MR) is 111 cm³/mol. The quantitative estimate of drug-likeness (QED) is 0.713. The van der Waals surface area contributed by atoms with Crippen molar-refractivity contribution < 1.29 is 22.7 Å². The molecule has 1 unspecified atom stereocenters. The Morgan fingerprint density at radius 2 is 1.94 bits per heavy atom. The molecular formula is C21H21F3N6O2. The van der Waals surface area contributed by atoms with E-state index in [0.717, 1.165) is 12.1 Å². The molecule has 8 nitrogen and oxygen atoms in total. The highest BCUT2D eigenvalue weighted by atomic mass is 19.2. The molecule has 2 aliphatic rings. The summed E-state index contributed by atoms with van der Waals surface area (Å²) in [6, 6.07) is 4.06. The van der Waals surface area contributed by atoms with Crippen LogP contribution in [-0.2, 0) is 6.42 Å². The minimum Gasteiger partial charge on any atom is -0.478 e. The van der Waals surface area contributed by atoms with E-state index in [1.807, 2.05) is 13.8 Å². The van der Waals surface area contributed by atoms with Crippen LogP contribution in [0.5, 0.6) is 5.88 Å². The second-order valence-electron chi connectivity index (χ2n) is 7.15. The molecule has 2 aliphatic heterocycles. The first-order chi connectivity index (χ1) is 15.3. The van der Waals surface area contributed by atoms with Gasteiger partial charge in [0, 0.05) is 13.1 Å². The molecule has 32 heavy (non-hydrogen) atoms. The predicted octanol–water partition coefficient (Wildman–Crippen LogP) is 3.52. The van der Waals surface area contributed by atoms with E-state index in [2.05, 4.69) is 20.3 Å². The zero-order valence-corrected chi connectivity index (χ0v) is 17.7. The topological polar surface area (TPSA) is 82.4 Å². The fourth-order valence-corrected chi connectivity index (χ4v) is 3.59. The number of pyridine rings is 1. The second-order valence-corrected chi connectivity index (χ2v) is 7.15. The summed E-state index contributed by atoms with van der Waals surface area (Å²) in [5, 5.41) is 2.68. The first-order valence-electron chi connectivity index (χ1n) is 10.1. The summed E-state index contributed by atoms with van der Waals surface area (Å²) >= 11 is 0. The van der Waals surface area contributed by atoms with Crippen molar-refractivity contribution in [2.75, 3.05) is 20.2 Å². The van der Waals surface area contributed by atoms with Crippen molar-refractivity contribution in [1.29, 1.82) is 0 Å². The normalized spacial score (nSPS) is 19.2. The van der Waals surface area contributed by atoms with Crippen LogP contribution < -0.4 is 10.1 Å². The van der Waals surface area contributed by atoms with Gasteiger partial charge in [-0.2, -0.15) is 0 Å². The lowest BCUT2D eigenvalue weighted by Crippen LogP contribution is -2.61. The number of hydrogen-bond acceptors (Lipinski definition) is 5. The number of hydrogen-bond donors (Lipinski definition) is 1. The molecule has 168 valence electrons. The third kappa shape index (κ3) is 3.74. The number of nitrogens with one attached hydrogen (secondary N) is 1. The third-order valence-electron chi connectivity index (χ3n) is 5.15. The summed E-state index contributed by atoms with van der Waals surface area (Å²) in [6.07, 6.45) is 0.555. The van der Waals surface area contributed by atoms with Crippen LogP contribution in [0.25, 0.3) is 0 Å². The molecule has 11 heteroatoms. The van der Waals surface area contributed by atoms with Crippen LogP contribution >= 0.6 is 0 Å². The maximum Gasteiger partial charge on any atom is 0.330 e. The summed E-state index contributed by atoms with van der Waals surface area (Å²) < 4.78 is 46.7. The number of fused-ring (bicyclic) bond motifs is 1. The van der Waals surface area contributed by atoms with Crippen LogP contribution in [0.2, 0.25) is 0 Å². The van der Waals surface area contributed by atoms with E-state index in [0.29, 0.717) is 30.3 Å². The highest BCUT2D eigenvalue weighted by Gasteiger charge is 2.41. The van der Waals surface area contributed by atoms with Crippen molar-refractivity contribution in [3.05, 3.63) is 53.0 Å². The number of rotatable bonds is 5. The number of urea groups is 1. The fourth-order valence-electron chi connectivity index (χ4n) is 3.59. The van der Waals surface area contributed by atoms with Gasteiger partial charge in [-0.1, -0.05) is 6.92 Å². The maximum absolute atomic E-state index is 13.9. The van der Waals surface area contributed by atoms with Gasteiger partial charge in [0.05, 0.1) is 30.6 Å². The second kappa shape index (κ2) is 8.48. The number of carbonyl (C=O) groups is 1. The molecule has 0 bridgehead atoms. The van der Waals surface area contributed by atoms with Gasteiger partial charge in [-0.05, 0) is 37.1 Å². The molecule has 1 aromatic heterocycles. The van der Waals surface area contributed by atoms with Gasteiger partial charge in [-0.15, -0.1) is 0 Å². The number of guanidine groups is 2. The average molecular weight is 446 g/mol. The van der Waals surface area contributed by atoms with Crippen molar-refractivity contribution in [3.8, 4) is 5.88 Å². The Morgan fingerprint density at radius 3 is 2.59 bits per heavy atom. The number of benzene rings is 1. The summed E-state index contributed by atoms with van der Waals surface area (Å²) in [5.74, 6) is -3.30. The molecule has 0 aliphatic carbocycles. The zero-order valence-electron chi connectivity index (χ0n) is 17.7. The molecule has 4 rings (SSSR count). The molecule has 1 saturated heterocycles. The lowest BCUT2D eigenvalue weighted by atomic mass is 10.1. The standard InChI is InChI=1S/C21H21F3N6O2/c1-4-14-15(6-7-17(26-14)32-5-2)27-19-28-21(31)29(3)20-25-10-16(30(19)20)11-8-12(22)18(24)13(23)9-11/h6-9,16H,4-5,10H2,1-3H3,(H,27,28,31). The summed E-state index contributed by atoms with van der Waals surface area (Å²) in [5.41, 5.74) is 1.31. The van der Waals surface area contributed by atoms with Gasteiger partial charge in [0.1, 0.15) is 0 Å². The number of carbonyl (C=O) groups excluding carboxylic acids is 1. The molecule has 3 heterocycles. The summed E-state index contributed by atoms with van der Waals surface area (Å²) in [6.45, 7) is 4.32. The maximum atomic E-state index is 13.9. The number of nitrogens with zero attached hydrogens (tertiary/aromatic N) is 5. The number of halogens is 3. The molecule has 1 aromatic carbocycles. The molecular weight excluding hydrogens is 425 g/mol. The van der Waals surface area contributed by atoms with Crippen molar-refractivity contribution in [3.63, 3.8) is 0 Å². The van der Waals surface area contributed by atoms with E-state index in [1.54, 1.807) is 17.0 Å². The van der Waals surface area contributed by atoms with Crippen LogP contribution in [-0.4, -0.2) is 52.9 Å². The number of aliphatic imine (C=N–C) groups is 2. The van der Waals surface area contributed by atoms with Crippen molar-refractivity contribution in [2.24, 2.45) is 9.98 Å². The van der Waals surface area contributed by atoms with E-state index in [9.17, 15) is 18.0 Å². The van der Waals surface area contributed by atoms with E-state index in [-0.39, 0.29) is 24.0 Å². The molecule has 0 saturated carbocycles. The van der Waals surface area contributed by atoms with Gasteiger partial charge in [0.15, 0.2) is 17.5 Å². The molecule has 0 radical (unpaired) electrons. The molecule has 0 spiro atoms. The summed E-state index contributed by atoms with van der Waals surface area (Å²) in [7, 11) is 1.52. The van der Waals surface area contributed by atoms with Gasteiger partial charge >= 0.3 is 6.03 Å². The number of aromatic nitrogens is 1. The average Bonchev–Trinajstić information content (AvgIpc) is 3.22. The number of amides is 2. The Hall–Kier alpha value is -3.63. The van der Waals surface area contributed by atoms with E-state index in [1.165, 1.54) is 11.9 Å². The molecule has 2 amide bonds. The summed E-state index contributed by atoms with van der Waals surface area (Å²) in [4.78, 5) is 28.6. The van der Waals surface area contributed by atoms with Gasteiger partial charge in [0.25, 0.3) is 0 Å². The van der Waals surface area contributed by atoms with Crippen LogP contribution in [0.1, 0.15) is 31.1 Å². The first kappa shape index (κ1) is 21.6. The van der Waals surface area contributed by atoms with Crippen molar-refractivity contribution in [2.45, 2.75) is 26.3 Å². The van der Waals surface area contributed by atoms with Crippen molar-refractivity contribution in [1.82, 2.24) is 20.1 Å². The van der Waals surface area contributed by atoms with E-state index >= 15 is 0 Å². The monoisotopic (exact) mass is 446 g/mol. The lowest BCUT2D eigenvalue weighted by molar-refractivity contribution is 0.222. The van der Waals surface area contributed by atoms with Crippen LogP contribution in [0.4, 0.5) is 23.7 Å². The lowest BCUT2D eigenvalue weighted by Gasteiger charge is -2.36. The zero-order chi connectivity index (χ0) is 23.0. The third-order valence-corrected chi connectivity index (χ3v) is 5.15. The first-order valence-corrected chi connectivity index (χ1v) is 10.1. The van der Waals surface area contributed by atoms with Gasteiger partial charge in [0.2, 0.25) is 17.8 Å². The molecule has 1 N–H and O–H groups in total. The van der Waals surface area contributed by atoms with Crippen LogP contribution in [0, 0.1) is 17.5 Å². The highest BCUT2D eigenvalue weighted by Crippen LogP contribution is 2.32. The Morgan fingerprint density at radius 1 is 1.22 bits per heavy atom. The molecule has 2 aromatic rings. The van der Waals surface area contributed by atoms with Gasteiger partial charge < -0.3 is 4.74 Å². The largest absolute Gasteiger partial charge is 0.478 e. The SMILES string of the molecule is CCOc1ccc(N=C2NC(=O)N(C)C3=NCC(c4cc(F)c(F)c(F)c4)N23)c(CC)n1. The Labute approximate surface area is 182 Å².